The Balaban J connectivity index is 0.000000640. The van der Waals surface area contributed by atoms with Gasteiger partial charge in [0.25, 0.3) is 0 Å². The first-order valence-corrected chi connectivity index (χ1v) is 36.3. The molecule has 96 heavy (non-hydrogen) atoms. The number of carbonyl (C=O) groups excluding carboxylic acids is 8. The molecule has 0 aromatic rings. The Morgan fingerprint density at radius 1 is 0.292 bits per heavy atom. The van der Waals surface area contributed by atoms with Crippen LogP contribution in [-0.4, -0.2) is 92.6 Å². The van der Waals surface area contributed by atoms with Gasteiger partial charge in [0.1, 0.15) is 44.8 Å². The summed E-state index contributed by atoms with van der Waals surface area (Å²) in [4.78, 5) is 103. The third-order valence-corrected chi connectivity index (χ3v) is 19.7. The first-order valence-electron chi connectivity index (χ1n) is 36.3. The molecule has 0 N–H and O–H groups in total. The normalized spacial score (nSPS) is 30.5. The molecule has 10 atom stereocenters. The van der Waals surface area contributed by atoms with Crippen LogP contribution in [0.1, 0.15) is 358 Å². The van der Waals surface area contributed by atoms with Gasteiger partial charge in [-0.2, -0.15) is 0 Å². The Morgan fingerprint density at radius 2 is 0.583 bits per heavy atom. The van der Waals surface area contributed by atoms with E-state index in [-0.39, 0.29) is 65.0 Å². The van der Waals surface area contributed by atoms with E-state index in [2.05, 4.69) is 27.7 Å². The zero-order valence-electron chi connectivity index (χ0n) is 68.2. The van der Waals surface area contributed by atoms with E-state index < -0.39 is 88.1 Å². The van der Waals surface area contributed by atoms with Gasteiger partial charge in [-0.05, 0) is 314 Å². The minimum atomic E-state index is -0.693. The van der Waals surface area contributed by atoms with Gasteiger partial charge in [-0.15, -0.1) is 0 Å². The Hall–Kier alpha value is -4.24. The largest absolute Gasteiger partial charge is 0.460 e. The molecule has 0 bridgehead atoms. The number of esters is 8. The molecule has 560 valence electrons. The zero-order chi connectivity index (χ0) is 76.0. The van der Waals surface area contributed by atoms with Crippen LogP contribution in [0, 0.1) is 60.6 Å². The lowest BCUT2D eigenvalue weighted by molar-refractivity contribution is -0.188. The molecule has 4 rings (SSSR count). The van der Waals surface area contributed by atoms with Crippen molar-refractivity contribution in [2.45, 2.75) is 403 Å². The molecule has 16 heteroatoms. The van der Waals surface area contributed by atoms with Crippen LogP contribution in [0.4, 0.5) is 0 Å². The summed E-state index contributed by atoms with van der Waals surface area (Å²) in [5.74, 6) is -1.19. The topological polar surface area (TPSA) is 210 Å². The summed E-state index contributed by atoms with van der Waals surface area (Å²) in [6, 6.07) is 0. The molecule has 16 nitrogen and oxygen atoms in total. The highest BCUT2D eigenvalue weighted by Gasteiger charge is 2.60. The smallest absolute Gasteiger partial charge is 0.312 e. The average Bonchev–Trinajstić information content (AvgIpc) is 0.770. The van der Waals surface area contributed by atoms with Crippen molar-refractivity contribution in [1.29, 1.82) is 0 Å². The molecule has 4 fully saturated rings. The molecule has 0 radical (unpaired) electrons. The van der Waals surface area contributed by atoms with Crippen molar-refractivity contribution in [2.24, 2.45) is 60.6 Å². The number of rotatable bonds is 12. The van der Waals surface area contributed by atoms with Gasteiger partial charge in [0, 0.05) is 0 Å². The molecule has 0 amide bonds. The Bertz CT molecular complexity index is 2640. The van der Waals surface area contributed by atoms with Crippen molar-refractivity contribution in [2.75, 3.05) is 0 Å². The minimum absolute atomic E-state index is 0.142. The van der Waals surface area contributed by atoms with E-state index >= 15 is 0 Å². The number of carbonyl (C=O) groups is 8. The third-order valence-electron chi connectivity index (χ3n) is 19.7. The number of hydrogen-bond donors (Lipinski definition) is 0. The molecule has 10 unspecified atom stereocenters. The summed E-state index contributed by atoms with van der Waals surface area (Å²) in [6.07, 6.45) is 11.6. The molecule has 0 aromatic heterocycles. The van der Waals surface area contributed by atoms with Gasteiger partial charge in [-0.25, -0.2) is 0 Å². The second-order valence-electron chi connectivity index (χ2n) is 39.5. The summed E-state index contributed by atoms with van der Waals surface area (Å²) in [7, 11) is 0. The third kappa shape index (κ3) is 26.4. The van der Waals surface area contributed by atoms with Crippen molar-refractivity contribution in [1.82, 2.24) is 0 Å². The first kappa shape index (κ1) is 89.8. The predicted octanol–water partition coefficient (Wildman–Crippen LogP) is 19.7. The van der Waals surface area contributed by atoms with E-state index in [1.54, 1.807) is 0 Å². The fourth-order valence-corrected chi connectivity index (χ4v) is 14.8. The summed E-state index contributed by atoms with van der Waals surface area (Å²) in [6.45, 7) is 69.3. The van der Waals surface area contributed by atoms with Crippen molar-refractivity contribution in [3.63, 3.8) is 0 Å². The van der Waals surface area contributed by atoms with Gasteiger partial charge >= 0.3 is 47.8 Å². The summed E-state index contributed by atoms with van der Waals surface area (Å²) >= 11 is 0. The van der Waals surface area contributed by atoms with Crippen molar-refractivity contribution < 1.29 is 76.3 Å². The maximum atomic E-state index is 13.1. The molecule has 0 aliphatic heterocycles. The van der Waals surface area contributed by atoms with Gasteiger partial charge in [0.05, 0.1) is 43.3 Å². The molecule has 4 aliphatic carbocycles. The van der Waals surface area contributed by atoms with Gasteiger partial charge in [-0.1, -0.05) is 61.8 Å². The highest BCUT2D eigenvalue weighted by atomic mass is 16.6. The quantitative estimate of drug-likeness (QED) is 0.131. The molecule has 0 spiro atoms. The molecular formula is C80H144O16. The SMILES string of the molecule is CCC1(C(=O)OC(C)(C)C)CC(C)(C(=O)OC(C)(C)C)CCC1C.CCC1(C(=O)OC(C)(C)C)CC(C)(C)CC(C)(C(=O)OC(C)(C)C)C1.CCC1(C(=O)OC(C)(C)C)CCC(C)C(C)(C(=O)OC(C)(C)C)C1.CCC1(C(=O)OC(C)(C)C)CCCC(C)(C(=O)OC(C)(C)C)C1. The fraction of sp³-hybridized carbons (Fsp3) is 0.900. The van der Waals surface area contributed by atoms with E-state index in [0.717, 1.165) is 51.4 Å². The Morgan fingerprint density at radius 3 is 0.938 bits per heavy atom. The number of hydrogen-bond acceptors (Lipinski definition) is 16. The van der Waals surface area contributed by atoms with Crippen LogP contribution in [0.3, 0.4) is 0 Å². The summed E-state index contributed by atoms with van der Waals surface area (Å²) in [5.41, 5.74) is -9.46. The van der Waals surface area contributed by atoms with Gasteiger partial charge < -0.3 is 37.9 Å². The molecule has 0 aromatic carbocycles. The van der Waals surface area contributed by atoms with Gasteiger partial charge in [0.15, 0.2) is 0 Å². The Labute approximate surface area is 585 Å². The van der Waals surface area contributed by atoms with Crippen LogP contribution in [0.25, 0.3) is 0 Å². The van der Waals surface area contributed by atoms with E-state index in [1.807, 2.05) is 222 Å². The maximum Gasteiger partial charge on any atom is 0.312 e. The lowest BCUT2D eigenvalue weighted by atomic mass is 9.53. The summed E-state index contributed by atoms with van der Waals surface area (Å²) in [5, 5.41) is 0. The van der Waals surface area contributed by atoms with Crippen LogP contribution in [0.5, 0.6) is 0 Å². The zero-order valence-corrected chi connectivity index (χ0v) is 68.2. The van der Waals surface area contributed by atoms with Crippen molar-refractivity contribution in [3.05, 3.63) is 0 Å². The standard InChI is InChI=1S/C21H38O4.2C20H36O4.C19H34O4/c1-11-21(16(23)25-18(5,6)7)13-19(8,9)12-20(10,14-21)15(22)24-17(2,3)4;1-10-20(16(22)24-18(6,7)8)12-11-14(2)19(9,13-20)15(21)23-17(3,4)5;1-10-20(16(22)24-18(6,7)8)13-19(9,12-11-14(20)2)15(21)23-17(3,4)5;1-9-19(15(21)23-17(5,6)7)12-10-11-18(8,13-19)14(20)22-16(2,3)4/h11-14H2,1-10H3;2*14H,10-13H2,1-9H3;9-13H2,1-8H3. The van der Waals surface area contributed by atoms with E-state index in [9.17, 15) is 38.4 Å². The van der Waals surface area contributed by atoms with Crippen molar-refractivity contribution in [3.8, 4) is 0 Å². The maximum absolute atomic E-state index is 13.1. The molecule has 4 saturated carbocycles. The van der Waals surface area contributed by atoms with Gasteiger partial charge in [-0.3, -0.25) is 38.4 Å². The minimum Gasteiger partial charge on any atom is -0.460 e. The molecular weight excluding hydrogens is 1220 g/mol. The monoisotopic (exact) mass is 1360 g/mol. The summed E-state index contributed by atoms with van der Waals surface area (Å²) < 4.78 is 45.4. The molecule has 0 heterocycles. The van der Waals surface area contributed by atoms with Crippen LogP contribution < -0.4 is 0 Å². The lowest BCUT2D eigenvalue weighted by Crippen LogP contribution is -2.52. The van der Waals surface area contributed by atoms with Crippen molar-refractivity contribution >= 4 is 47.8 Å². The highest BCUT2D eigenvalue weighted by molar-refractivity contribution is 5.85. The van der Waals surface area contributed by atoms with Gasteiger partial charge in [0.2, 0.25) is 0 Å². The second-order valence-corrected chi connectivity index (χ2v) is 39.5. The fourth-order valence-electron chi connectivity index (χ4n) is 14.8. The molecule has 0 saturated heterocycles. The Kier molecular flexibility index (Phi) is 29.3. The van der Waals surface area contributed by atoms with E-state index in [4.69, 9.17) is 37.9 Å². The first-order chi connectivity index (χ1) is 42.5. The van der Waals surface area contributed by atoms with Crippen LogP contribution in [-0.2, 0) is 76.3 Å². The second kappa shape index (κ2) is 31.3. The van der Waals surface area contributed by atoms with Crippen LogP contribution >= 0.6 is 0 Å². The molecule has 4 aliphatic rings. The van der Waals surface area contributed by atoms with Crippen LogP contribution in [0.15, 0.2) is 0 Å². The van der Waals surface area contributed by atoms with E-state index in [0.29, 0.717) is 57.8 Å². The number of ether oxygens (including phenoxy) is 8. The van der Waals surface area contributed by atoms with E-state index in [1.165, 1.54) is 0 Å². The van der Waals surface area contributed by atoms with Crippen LogP contribution in [0.2, 0.25) is 0 Å². The average molecular weight is 1360 g/mol. The lowest BCUT2D eigenvalue weighted by Gasteiger charge is -2.51. The predicted molar refractivity (Wildman–Crippen MR) is 382 cm³/mol. The highest BCUT2D eigenvalue weighted by Crippen LogP contribution is 2.59.